The Morgan fingerprint density at radius 1 is 1.12 bits per heavy atom. The molecule has 0 saturated carbocycles. The molecule has 25 heavy (non-hydrogen) atoms. The average molecular weight is 370 g/mol. The highest BCUT2D eigenvalue weighted by Gasteiger charge is 2.18. The Morgan fingerprint density at radius 2 is 1.84 bits per heavy atom. The van der Waals surface area contributed by atoms with E-state index in [4.69, 9.17) is 16.3 Å². The summed E-state index contributed by atoms with van der Waals surface area (Å²) in [7, 11) is 0. The average Bonchev–Trinajstić information content (AvgIpc) is 2.53. The molecule has 4 nitrogen and oxygen atoms in total. The molecule has 2 aromatic carbocycles. The number of carbonyl (C=O) groups excluding carboxylic acids is 1. The summed E-state index contributed by atoms with van der Waals surface area (Å²) in [6, 6.07) is 9.62. The second-order valence-corrected chi connectivity index (χ2v) is 5.90. The van der Waals surface area contributed by atoms with E-state index in [0.29, 0.717) is 22.0 Å². The molecule has 0 spiro atoms. The first kappa shape index (κ1) is 19.0. The van der Waals surface area contributed by atoms with Crippen molar-refractivity contribution in [3.63, 3.8) is 0 Å². The monoisotopic (exact) mass is 369 g/mol. The van der Waals surface area contributed by atoms with Crippen LogP contribution < -0.4 is 14.8 Å². The lowest BCUT2D eigenvalue weighted by Crippen LogP contribution is -2.30. The van der Waals surface area contributed by atoms with Crippen LogP contribution in [0.4, 0.5) is 14.5 Å². The van der Waals surface area contributed by atoms with Gasteiger partial charge in [-0.15, -0.1) is 0 Å². The Hall–Kier alpha value is -2.34. The Kier molecular flexibility index (Phi) is 6.20. The fourth-order valence-corrected chi connectivity index (χ4v) is 2.42. The van der Waals surface area contributed by atoms with Crippen LogP contribution in [-0.4, -0.2) is 18.6 Å². The molecule has 2 rings (SSSR count). The third kappa shape index (κ3) is 5.06. The van der Waals surface area contributed by atoms with E-state index in [2.05, 4.69) is 10.1 Å². The van der Waals surface area contributed by atoms with Crippen LogP contribution in [0.25, 0.3) is 0 Å². The summed E-state index contributed by atoms with van der Waals surface area (Å²) in [5, 5.41) is 3.24. The lowest BCUT2D eigenvalue weighted by atomic mass is 10.1. The number of ether oxygens (including phenoxy) is 2. The van der Waals surface area contributed by atoms with Crippen molar-refractivity contribution in [2.24, 2.45) is 0 Å². The topological polar surface area (TPSA) is 47.6 Å². The molecule has 0 fully saturated rings. The van der Waals surface area contributed by atoms with Gasteiger partial charge >= 0.3 is 6.61 Å². The maximum absolute atomic E-state index is 12.4. The van der Waals surface area contributed by atoms with Gasteiger partial charge in [-0.3, -0.25) is 4.79 Å². The highest BCUT2D eigenvalue weighted by Crippen LogP contribution is 2.27. The minimum Gasteiger partial charge on any atom is -0.481 e. The third-order valence-corrected chi connectivity index (χ3v) is 3.80. The second kappa shape index (κ2) is 8.16. The highest BCUT2D eigenvalue weighted by atomic mass is 35.5. The number of alkyl halides is 2. The molecular formula is C18H18ClF2NO3. The van der Waals surface area contributed by atoms with E-state index in [1.165, 1.54) is 12.1 Å². The van der Waals surface area contributed by atoms with Crippen LogP contribution in [0, 0.1) is 13.8 Å². The van der Waals surface area contributed by atoms with Crippen LogP contribution in [-0.2, 0) is 4.79 Å². The van der Waals surface area contributed by atoms with Crippen LogP contribution >= 0.6 is 11.6 Å². The van der Waals surface area contributed by atoms with Crippen molar-refractivity contribution in [2.45, 2.75) is 33.5 Å². The Labute approximate surface area is 149 Å². The summed E-state index contributed by atoms with van der Waals surface area (Å²) in [5.41, 5.74) is 1.59. The van der Waals surface area contributed by atoms with E-state index in [-0.39, 0.29) is 5.75 Å². The quantitative estimate of drug-likeness (QED) is 0.782. The molecule has 0 radical (unpaired) electrons. The zero-order valence-corrected chi connectivity index (χ0v) is 14.7. The number of hydrogen-bond donors (Lipinski definition) is 1. The van der Waals surface area contributed by atoms with Crippen LogP contribution in [0.5, 0.6) is 11.5 Å². The third-order valence-electron chi connectivity index (χ3n) is 3.57. The molecule has 2 aromatic rings. The molecule has 0 bridgehead atoms. The first-order valence-electron chi connectivity index (χ1n) is 7.56. The maximum Gasteiger partial charge on any atom is 0.387 e. The summed E-state index contributed by atoms with van der Waals surface area (Å²) >= 11 is 5.89. The van der Waals surface area contributed by atoms with Crippen molar-refractivity contribution < 1.29 is 23.0 Å². The molecule has 1 amide bonds. The fraction of sp³-hybridized carbons (Fsp3) is 0.278. The Bertz CT molecular complexity index is 768. The summed E-state index contributed by atoms with van der Waals surface area (Å²) in [4.78, 5) is 12.3. The van der Waals surface area contributed by atoms with Gasteiger partial charge in [-0.25, -0.2) is 0 Å². The minimum atomic E-state index is -2.93. The van der Waals surface area contributed by atoms with Gasteiger partial charge in [0.25, 0.3) is 5.91 Å². The van der Waals surface area contributed by atoms with Crippen LogP contribution in [0.3, 0.4) is 0 Å². The summed E-state index contributed by atoms with van der Waals surface area (Å²) in [6.07, 6.45) is -0.793. The molecule has 1 N–H and O–H groups in total. The summed E-state index contributed by atoms with van der Waals surface area (Å²) in [5.74, 6) is 0.139. The number of aryl methyl sites for hydroxylation is 1. The normalized spacial score (nSPS) is 12.0. The highest BCUT2D eigenvalue weighted by molar-refractivity contribution is 6.30. The van der Waals surface area contributed by atoms with E-state index in [9.17, 15) is 13.6 Å². The smallest absolute Gasteiger partial charge is 0.387 e. The van der Waals surface area contributed by atoms with Crippen molar-refractivity contribution in [1.82, 2.24) is 0 Å². The van der Waals surface area contributed by atoms with E-state index in [1.54, 1.807) is 38.1 Å². The van der Waals surface area contributed by atoms with E-state index in [1.807, 2.05) is 6.92 Å². The molecule has 0 aliphatic carbocycles. The number of hydrogen-bond acceptors (Lipinski definition) is 3. The fourth-order valence-electron chi connectivity index (χ4n) is 2.20. The Balaban J connectivity index is 2.08. The van der Waals surface area contributed by atoms with Gasteiger partial charge in [0.1, 0.15) is 11.5 Å². The van der Waals surface area contributed by atoms with Gasteiger partial charge < -0.3 is 14.8 Å². The number of halogens is 3. The molecule has 7 heteroatoms. The van der Waals surface area contributed by atoms with Crippen molar-refractivity contribution in [3.05, 3.63) is 52.5 Å². The van der Waals surface area contributed by atoms with Crippen molar-refractivity contribution in [3.8, 4) is 11.5 Å². The van der Waals surface area contributed by atoms with E-state index >= 15 is 0 Å². The number of benzene rings is 2. The number of carbonyl (C=O) groups is 1. The maximum atomic E-state index is 12.4. The number of amides is 1. The zero-order chi connectivity index (χ0) is 18.6. The van der Waals surface area contributed by atoms with Crippen LogP contribution in [0.15, 0.2) is 36.4 Å². The first-order chi connectivity index (χ1) is 11.8. The lowest BCUT2D eigenvalue weighted by Gasteiger charge is -2.18. The van der Waals surface area contributed by atoms with Gasteiger partial charge in [0.05, 0.1) is 0 Å². The molecule has 0 saturated heterocycles. The molecular weight excluding hydrogens is 352 g/mol. The minimum absolute atomic E-state index is 0.00918. The van der Waals surface area contributed by atoms with Crippen molar-refractivity contribution >= 4 is 23.2 Å². The first-order valence-corrected chi connectivity index (χ1v) is 7.94. The van der Waals surface area contributed by atoms with Gasteiger partial charge in [-0.05, 0) is 56.7 Å². The number of nitrogens with one attached hydrogen (secondary N) is 1. The summed E-state index contributed by atoms with van der Waals surface area (Å²) < 4.78 is 34.9. The number of anilines is 1. The SMILES string of the molecule is Cc1cc(Cl)ccc1OC(C)C(=O)Nc1cccc(OC(F)F)c1C. The number of rotatable bonds is 6. The molecule has 1 atom stereocenters. The summed E-state index contributed by atoms with van der Waals surface area (Å²) in [6.45, 7) is 2.07. The van der Waals surface area contributed by atoms with Crippen molar-refractivity contribution in [2.75, 3.05) is 5.32 Å². The van der Waals surface area contributed by atoms with Gasteiger partial charge in [0.2, 0.25) is 0 Å². The molecule has 0 aliphatic heterocycles. The molecule has 0 aromatic heterocycles. The lowest BCUT2D eigenvalue weighted by molar-refractivity contribution is -0.122. The predicted octanol–water partition coefficient (Wildman–Crippen LogP) is 4.96. The van der Waals surface area contributed by atoms with Gasteiger partial charge in [0.15, 0.2) is 6.10 Å². The zero-order valence-electron chi connectivity index (χ0n) is 14.0. The van der Waals surface area contributed by atoms with Crippen molar-refractivity contribution in [1.29, 1.82) is 0 Å². The Morgan fingerprint density at radius 3 is 2.48 bits per heavy atom. The van der Waals surface area contributed by atoms with E-state index in [0.717, 1.165) is 5.56 Å². The van der Waals surface area contributed by atoms with Gasteiger partial charge in [0, 0.05) is 16.3 Å². The predicted molar refractivity (Wildman–Crippen MR) is 92.7 cm³/mol. The molecule has 1 unspecified atom stereocenters. The van der Waals surface area contributed by atoms with Crippen LogP contribution in [0.1, 0.15) is 18.1 Å². The molecule has 0 aliphatic rings. The van der Waals surface area contributed by atoms with Crippen LogP contribution in [0.2, 0.25) is 5.02 Å². The standard InChI is InChI=1S/C18H18ClF2NO3/c1-10-9-13(19)7-8-15(10)24-12(3)17(23)22-14-5-4-6-16(11(14)2)25-18(20)21/h4-9,12,18H,1-3H3,(H,22,23). The molecule has 0 heterocycles. The second-order valence-electron chi connectivity index (χ2n) is 5.47. The van der Waals surface area contributed by atoms with E-state index < -0.39 is 18.6 Å². The van der Waals surface area contributed by atoms with Gasteiger partial charge in [-0.2, -0.15) is 8.78 Å². The molecule has 134 valence electrons. The van der Waals surface area contributed by atoms with Gasteiger partial charge in [-0.1, -0.05) is 17.7 Å². The largest absolute Gasteiger partial charge is 0.481 e.